The Morgan fingerprint density at radius 3 is 1.74 bits per heavy atom. The van der Waals surface area contributed by atoms with Crippen molar-refractivity contribution in [3.05, 3.63) is 0 Å². The Morgan fingerprint density at radius 2 is 1.26 bits per heavy atom. The van der Waals surface area contributed by atoms with Crippen LogP contribution in [-0.4, -0.2) is 12.6 Å². The molecule has 19 heavy (non-hydrogen) atoms. The summed E-state index contributed by atoms with van der Waals surface area (Å²) in [4.78, 5) is 0. The molecule has 0 rings (SSSR count). The van der Waals surface area contributed by atoms with E-state index in [0.717, 1.165) is 12.5 Å². The van der Waals surface area contributed by atoms with Crippen molar-refractivity contribution in [1.29, 1.82) is 0 Å². The molecule has 0 fully saturated rings. The summed E-state index contributed by atoms with van der Waals surface area (Å²) in [6.45, 7) is 7.61. The van der Waals surface area contributed by atoms with Gasteiger partial charge in [0.2, 0.25) is 0 Å². The van der Waals surface area contributed by atoms with E-state index in [1.807, 2.05) is 0 Å². The maximum absolute atomic E-state index is 6.24. The summed E-state index contributed by atoms with van der Waals surface area (Å²) in [6.07, 6.45) is 13.2. The predicted molar refractivity (Wildman–Crippen MR) is 87.2 cm³/mol. The third-order valence-corrected chi connectivity index (χ3v) is 4.54. The highest BCUT2D eigenvalue weighted by atomic mass is 14.6. The molecule has 0 aliphatic rings. The molecule has 0 amide bonds. The summed E-state index contributed by atoms with van der Waals surface area (Å²) < 4.78 is 0. The van der Waals surface area contributed by atoms with Gasteiger partial charge in [0, 0.05) is 6.04 Å². The molecule has 0 aliphatic heterocycles. The van der Waals surface area contributed by atoms with E-state index in [2.05, 4.69) is 20.8 Å². The number of unbranched alkanes of at least 4 members (excludes halogenated alkanes) is 5. The van der Waals surface area contributed by atoms with Gasteiger partial charge < -0.3 is 11.5 Å². The van der Waals surface area contributed by atoms with E-state index in [1.165, 1.54) is 64.2 Å². The molecule has 0 aromatic rings. The first-order valence-electron chi connectivity index (χ1n) is 8.61. The van der Waals surface area contributed by atoms with Gasteiger partial charge in [0.25, 0.3) is 0 Å². The fourth-order valence-corrected chi connectivity index (χ4v) is 2.83. The van der Waals surface area contributed by atoms with Crippen LogP contribution in [0.25, 0.3) is 0 Å². The average Bonchev–Trinajstić information content (AvgIpc) is 2.42. The number of hydrogen-bond acceptors (Lipinski definition) is 2. The number of nitrogens with two attached hydrogens (primary N) is 2. The van der Waals surface area contributed by atoms with Crippen LogP contribution in [0.5, 0.6) is 0 Å². The van der Waals surface area contributed by atoms with Crippen LogP contribution in [0.2, 0.25) is 0 Å². The topological polar surface area (TPSA) is 52.0 Å². The molecule has 2 nitrogen and oxygen atoms in total. The zero-order chi connectivity index (χ0) is 14.5. The van der Waals surface area contributed by atoms with Crippen LogP contribution < -0.4 is 11.5 Å². The van der Waals surface area contributed by atoms with Crippen molar-refractivity contribution in [3.8, 4) is 0 Å². The van der Waals surface area contributed by atoms with Crippen LogP contribution in [0.3, 0.4) is 0 Å². The lowest BCUT2D eigenvalue weighted by Crippen LogP contribution is -2.29. The van der Waals surface area contributed by atoms with Crippen molar-refractivity contribution in [3.63, 3.8) is 0 Å². The quantitative estimate of drug-likeness (QED) is 0.485. The lowest BCUT2D eigenvalue weighted by molar-refractivity contribution is 0.366. The molecule has 4 N–H and O–H groups in total. The molecule has 2 atom stereocenters. The van der Waals surface area contributed by atoms with Crippen molar-refractivity contribution >= 4 is 0 Å². The Bertz CT molecular complexity index is 178. The molecule has 2 unspecified atom stereocenters. The van der Waals surface area contributed by atoms with E-state index in [1.54, 1.807) is 0 Å². The molecule has 0 spiro atoms. The minimum Gasteiger partial charge on any atom is -0.330 e. The summed E-state index contributed by atoms with van der Waals surface area (Å²) in [5, 5.41) is 0. The first kappa shape index (κ1) is 18.9. The Labute approximate surface area is 121 Å². The molecule has 0 aliphatic carbocycles. The van der Waals surface area contributed by atoms with Crippen molar-refractivity contribution < 1.29 is 0 Å². The molecular weight excluding hydrogens is 232 g/mol. The highest BCUT2D eigenvalue weighted by Gasteiger charge is 2.12. The smallest absolute Gasteiger partial charge is 0.00669 e. The van der Waals surface area contributed by atoms with Gasteiger partial charge in [0.1, 0.15) is 0 Å². The molecule has 0 radical (unpaired) electrons. The zero-order valence-corrected chi connectivity index (χ0v) is 13.7. The van der Waals surface area contributed by atoms with Crippen LogP contribution >= 0.6 is 0 Å². The number of hydrogen-bond donors (Lipinski definition) is 2. The van der Waals surface area contributed by atoms with Gasteiger partial charge in [0.15, 0.2) is 0 Å². The summed E-state index contributed by atoms with van der Waals surface area (Å²) in [5.74, 6) is 1.44. The molecule has 0 aromatic heterocycles. The Morgan fingerprint density at radius 1 is 0.789 bits per heavy atom. The number of rotatable bonds is 13. The fourth-order valence-electron chi connectivity index (χ4n) is 2.83. The Kier molecular flexibility index (Phi) is 12.9. The van der Waals surface area contributed by atoms with Crippen molar-refractivity contribution in [2.75, 3.05) is 6.54 Å². The lowest BCUT2D eigenvalue weighted by atomic mass is 9.91. The van der Waals surface area contributed by atoms with Crippen molar-refractivity contribution in [1.82, 2.24) is 0 Å². The Hall–Kier alpha value is -0.0800. The zero-order valence-electron chi connectivity index (χ0n) is 13.7. The average molecular weight is 271 g/mol. The summed E-state index contributed by atoms with van der Waals surface area (Å²) in [7, 11) is 0. The summed E-state index contributed by atoms with van der Waals surface area (Å²) in [5.41, 5.74) is 11.9. The van der Waals surface area contributed by atoms with Gasteiger partial charge in [-0.1, -0.05) is 72.1 Å². The maximum Gasteiger partial charge on any atom is 0.00669 e. The van der Waals surface area contributed by atoms with Crippen LogP contribution in [0.4, 0.5) is 0 Å². The van der Waals surface area contributed by atoms with E-state index in [9.17, 15) is 0 Å². The molecule has 0 aromatic carbocycles. The van der Waals surface area contributed by atoms with Crippen molar-refractivity contribution in [2.45, 2.75) is 91.0 Å². The molecule has 116 valence electrons. The van der Waals surface area contributed by atoms with Crippen molar-refractivity contribution in [2.24, 2.45) is 23.3 Å². The highest BCUT2D eigenvalue weighted by molar-refractivity contribution is 4.70. The minimum absolute atomic E-state index is 0.431. The second-order valence-electron chi connectivity index (χ2n) is 6.28. The molecule has 0 bridgehead atoms. The van der Waals surface area contributed by atoms with Crippen LogP contribution in [0.1, 0.15) is 85.0 Å². The third kappa shape index (κ3) is 10.4. The van der Waals surface area contributed by atoms with Crippen LogP contribution in [-0.2, 0) is 0 Å². The first-order chi connectivity index (χ1) is 9.15. The fraction of sp³-hybridized carbons (Fsp3) is 1.00. The molecule has 0 saturated heterocycles. The van der Waals surface area contributed by atoms with E-state index in [0.29, 0.717) is 12.0 Å². The van der Waals surface area contributed by atoms with Gasteiger partial charge in [0.05, 0.1) is 0 Å². The van der Waals surface area contributed by atoms with Crippen LogP contribution in [0.15, 0.2) is 0 Å². The van der Waals surface area contributed by atoms with E-state index < -0.39 is 0 Å². The van der Waals surface area contributed by atoms with Gasteiger partial charge in [-0.15, -0.1) is 0 Å². The summed E-state index contributed by atoms with van der Waals surface area (Å²) >= 11 is 0. The third-order valence-electron chi connectivity index (χ3n) is 4.54. The second kappa shape index (κ2) is 12.9. The SMILES string of the molecule is CCC(CC)C(N)CCCCCCCCC(C)CN. The summed E-state index contributed by atoms with van der Waals surface area (Å²) in [6, 6.07) is 0.431. The van der Waals surface area contributed by atoms with Gasteiger partial charge >= 0.3 is 0 Å². The molecule has 0 saturated carbocycles. The standard InChI is InChI=1S/C17H38N2/c1-4-16(5-2)17(19)13-11-9-7-6-8-10-12-15(3)14-18/h15-17H,4-14,18-19H2,1-3H3. The first-order valence-corrected chi connectivity index (χ1v) is 8.61. The maximum atomic E-state index is 6.24. The van der Waals surface area contributed by atoms with Gasteiger partial charge in [-0.05, 0) is 31.2 Å². The molecule has 2 heteroatoms. The largest absolute Gasteiger partial charge is 0.330 e. The van der Waals surface area contributed by atoms with Crippen LogP contribution in [0, 0.1) is 11.8 Å². The van der Waals surface area contributed by atoms with E-state index in [4.69, 9.17) is 11.5 Å². The normalized spacial score (nSPS) is 14.8. The minimum atomic E-state index is 0.431. The second-order valence-corrected chi connectivity index (χ2v) is 6.28. The lowest BCUT2D eigenvalue weighted by Gasteiger charge is -2.20. The predicted octanol–water partition coefficient (Wildman–Crippen LogP) is 4.47. The molecular formula is C17H38N2. The molecule has 0 heterocycles. The van der Waals surface area contributed by atoms with Gasteiger partial charge in [-0.25, -0.2) is 0 Å². The highest BCUT2D eigenvalue weighted by Crippen LogP contribution is 2.17. The van der Waals surface area contributed by atoms with Gasteiger partial charge in [-0.2, -0.15) is 0 Å². The Balaban J connectivity index is 3.31. The van der Waals surface area contributed by atoms with E-state index in [-0.39, 0.29) is 0 Å². The van der Waals surface area contributed by atoms with E-state index >= 15 is 0 Å². The van der Waals surface area contributed by atoms with Gasteiger partial charge in [-0.3, -0.25) is 0 Å². The monoisotopic (exact) mass is 270 g/mol.